The van der Waals surface area contributed by atoms with Crippen molar-refractivity contribution in [3.8, 4) is 17.2 Å². The van der Waals surface area contributed by atoms with Gasteiger partial charge in [0.15, 0.2) is 11.5 Å². The molecule has 0 aromatic heterocycles. The van der Waals surface area contributed by atoms with Crippen LogP contribution in [-0.2, 0) is 0 Å². The molecule has 1 saturated heterocycles. The summed E-state index contributed by atoms with van der Waals surface area (Å²) < 4.78 is 0. The molecule has 1 aromatic rings. The van der Waals surface area contributed by atoms with Gasteiger partial charge in [-0.1, -0.05) is 0 Å². The number of nitrogens with one attached hydrogen (secondary N) is 1. The van der Waals surface area contributed by atoms with Crippen LogP contribution in [0, 0.1) is 0 Å². The highest BCUT2D eigenvalue weighted by Gasteiger charge is 2.26. The summed E-state index contributed by atoms with van der Waals surface area (Å²) >= 11 is 0. The van der Waals surface area contributed by atoms with Crippen molar-refractivity contribution in [3.05, 3.63) is 17.7 Å². The van der Waals surface area contributed by atoms with Gasteiger partial charge < -0.3 is 20.6 Å². The van der Waals surface area contributed by atoms with Crippen molar-refractivity contribution in [2.75, 3.05) is 6.54 Å². The fraction of sp³-hybridized carbons (Fsp3) is 0.250. The maximum atomic E-state index is 9.32. The molecule has 0 bridgehead atoms. The molecule has 1 aliphatic rings. The highest BCUT2D eigenvalue weighted by atomic mass is 16.3. The second-order valence-electron chi connectivity index (χ2n) is 2.86. The minimum absolute atomic E-state index is 0.0142. The lowest BCUT2D eigenvalue weighted by atomic mass is 10.1. The van der Waals surface area contributed by atoms with Gasteiger partial charge in [-0.15, -0.1) is 0 Å². The second-order valence-corrected chi connectivity index (χ2v) is 2.86. The highest BCUT2D eigenvalue weighted by Crippen LogP contribution is 2.37. The minimum atomic E-state index is -0.295. The minimum Gasteiger partial charge on any atom is -0.507 e. The molecule has 4 N–H and O–H groups in total. The first kappa shape index (κ1) is 7.24. The molecular formula is C8H9NO3. The molecule has 0 unspecified atom stereocenters. The van der Waals surface area contributed by atoms with Gasteiger partial charge in [-0.2, -0.15) is 0 Å². The Balaban J connectivity index is 2.47. The molecule has 4 heteroatoms. The smallest absolute Gasteiger partial charge is 0.161 e. The molecule has 1 aliphatic heterocycles. The van der Waals surface area contributed by atoms with Gasteiger partial charge in [0.25, 0.3) is 0 Å². The molecule has 1 heterocycles. The van der Waals surface area contributed by atoms with E-state index in [4.69, 9.17) is 10.2 Å². The zero-order valence-corrected chi connectivity index (χ0v) is 6.28. The molecule has 4 nitrogen and oxygen atoms in total. The Morgan fingerprint density at radius 1 is 1.08 bits per heavy atom. The average molecular weight is 167 g/mol. The zero-order chi connectivity index (χ0) is 8.72. The summed E-state index contributed by atoms with van der Waals surface area (Å²) in [6.07, 6.45) is 0. The van der Waals surface area contributed by atoms with Gasteiger partial charge in [-0.3, -0.25) is 0 Å². The summed E-state index contributed by atoms with van der Waals surface area (Å²) in [7, 11) is 0. The Morgan fingerprint density at radius 2 is 1.67 bits per heavy atom. The summed E-state index contributed by atoms with van der Waals surface area (Å²) in [5.74, 6) is -0.478. The van der Waals surface area contributed by atoms with Crippen molar-refractivity contribution < 1.29 is 15.3 Å². The predicted molar refractivity (Wildman–Crippen MR) is 42.2 cm³/mol. The first-order valence-corrected chi connectivity index (χ1v) is 3.66. The van der Waals surface area contributed by atoms with Gasteiger partial charge in [0.1, 0.15) is 5.75 Å². The quantitative estimate of drug-likeness (QED) is 0.278. The van der Waals surface area contributed by atoms with E-state index in [-0.39, 0.29) is 23.3 Å². The molecule has 2 rings (SSSR count). The lowest BCUT2D eigenvalue weighted by Gasteiger charge is -2.03. The normalized spacial score (nSPS) is 20.8. The summed E-state index contributed by atoms with van der Waals surface area (Å²) in [5.41, 5.74) is 0.630. The fourth-order valence-corrected chi connectivity index (χ4v) is 1.14. The maximum absolute atomic E-state index is 9.32. The van der Waals surface area contributed by atoms with Gasteiger partial charge >= 0.3 is 0 Å². The molecule has 0 radical (unpaired) electrons. The molecule has 12 heavy (non-hydrogen) atoms. The number of rotatable bonds is 1. The van der Waals surface area contributed by atoms with E-state index in [1.165, 1.54) is 6.07 Å². The first-order chi connectivity index (χ1) is 5.68. The lowest BCUT2D eigenvalue weighted by molar-refractivity contribution is 0.394. The van der Waals surface area contributed by atoms with Crippen LogP contribution >= 0.6 is 0 Å². The van der Waals surface area contributed by atoms with Gasteiger partial charge in [0.2, 0.25) is 0 Å². The van der Waals surface area contributed by atoms with Gasteiger partial charge in [0, 0.05) is 24.2 Å². The van der Waals surface area contributed by atoms with Crippen LogP contribution in [0.4, 0.5) is 0 Å². The topological polar surface area (TPSA) is 82.6 Å². The van der Waals surface area contributed by atoms with Gasteiger partial charge in [0.05, 0.1) is 0 Å². The van der Waals surface area contributed by atoms with E-state index < -0.39 is 0 Å². The summed E-state index contributed by atoms with van der Waals surface area (Å²) in [6, 6.07) is 2.64. The van der Waals surface area contributed by atoms with Crippen LogP contribution < -0.4 is 5.32 Å². The highest BCUT2D eigenvalue weighted by molar-refractivity contribution is 5.50. The Kier molecular flexibility index (Phi) is 1.38. The summed E-state index contributed by atoms with van der Waals surface area (Å²) in [4.78, 5) is 0. The van der Waals surface area contributed by atoms with E-state index in [0.717, 1.165) is 12.6 Å². The van der Waals surface area contributed by atoms with Crippen LogP contribution in [0.2, 0.25) is 0 Å². The first-order valence-electron chi connectivity index (χ1n) is 3.66. The van der Waals surface area contributed by atoms with Crippen molar-refractivity contribution in [1.29, 1.82) is 0 Å². The Hall–Kier alpha value is -1.42. The Labute approximate surface area is 69.1 Å². The van der Waals surface area contributed by atoms with Crippen molar-refractivity contribution in [2.24, 2.45) is 0 Å². The largest absolute Gasteiger partial charge is 0.507 e. The van der Waals surface area contributed by atoms with Crippen LogP contribution in [0.15, 0.2) is 12.1 Å². The van der Waals surface area contributed by atoms with E-state index in [2.05, 4.69) is 5.32 Å². The van der Waals surface area contributed by atoms with Crippen molar-refractivity contribution >= 4 is 0 Å². The third-order valence-electron chi connectivity index (χ3n) is 1.91. The van der Waals surface area contributed by atoms with Crippen molar-refractivity contribution in [3.63, 3.8) is 0 Å². The molecule has 0 spiro atoms. The van der Waals surface area contributed by atoms with Gasteiger partial charge in [-0.25, -0.2) is 0 Å². The van der Waals surface area contributed by atoms with Crippen LogP contribution in [-0.4, -0.2) is 21.9 Å². The number of phenolic OH excluding ortho intramolecular Hbond substituents is 3. The number of aromatic hydroxyl groups is 3. The number of hydrogen-bond acceptors (Lipinski definition) is 4. The van der Waals surface area contributed by atoms with Crippen LogP contribution in [0.3, 0.4) is 0 Å². The molecule has 0 saturated carbocycles. The van der Waals surface area contributed by atoms with Gasteiger partial charge in [-0.05, 0) is 6.07 Å². The van der Waals surface area contributed by atoms with Crippen molar-refractivity contribution in [1.82, 2.24) is 5.32 Å². The van der Waals surface area contributed by atoms with E-state index in [0.29, 0.717) is 5.56 Å². The molecule has 0 amide bonds. The summed E-state index contributed by atoms with van der Waals surface area (Å²) in [6.45, 7) is 0.803. The van der Waals surface area contributed by atoms with E-state index in [1.807, 2.05) is 0 Å². The van der Waals surface area contributed by atoms with E-state index >= 15 is 0 Å². The molecule has 0 aliphatic carbocycles. The monoisotopic (exact) mass is 167 g/mol. The fourth-order valence-electron chi connectivity index (χ4n) is 1.14. The third-order valence-corrected chi connectivity index (χ3v) is 1.91. The zero-order valence-electron chi connectivity index (χ0n) is 6.28. The average Bonchev–Trinajstić information content (AvgIpc) is 2.79. The molecular weight excluding hydrogens is 158 g/mol. The van der Waals surface area contributed by atoms with E-state index in [1.54, 1.807) is 0 Å². The number of hydrogen-bond donors (Lipinski definition) is 4. The van der Waals surface area contributed by atoms with Crippen LogP contribution in [0.5, 0.6) is 17.2 Å². The SMILES string of the molecule is Oc1cc(O)c([C@H]2CN2)cc1O. The van der Waals surface area contributed by atoms with Crippen LogP contribution in [0.1, 0.15) is 11.6 Å². The molecule has 64 valence electrons. The van der Waals surface area contributed by atoms with Crippen LogP contribution in [0.25, 0.3) is 0 Å². The Bertz CT molecular complexity index is 320. The maximum Gasteiger partial charge on any atom is 0.161 e. The molecule has 1 atom stereocenters. The second kappa shape index (κ2) is 2.28. The number of phenols is 3. The van der Waals surface area contributed by atoms with E-state index in [9.17, 15) is 5.11 Å². The summed E-state index contributed by atoms with van der Waals surface area (Å²) in [5, 5.41) is 30.4. The van der Waals surface area contributed by atoms with Crippen molar-refractivity contribution in [2.45, 2.75) is 6.04 Å². The standard InChI is InChI=1S/C8H9NO3/c10-6-2-8(12)7(11)1-4(6)5-3-9-5/h1-2,5,9-12H,3H2/t5-/m1/s1. The number of benzene rings is 1. The molecule has 1 fully saturated rings. The predicted octanol–water partition coefficient (Wildman–Crippen LogP) is 0.448. The molecule has 1 aromatic carbocycles. The third kappa shape index (κ3) is 1.06. The lowest BCUT2D eigenvalue weighted by Crippen LogP contribution is -1.85. The Morgan fingerprint density at radius 3 is 2.25 bits per heavy atom.